The Bertz CT molecular complexity index is 809. The van der Waals surface area contributed by atoms with E-state index >= 15 is 0 Å². The summed E-state index contributed by atoms with van der Waals surface area (Å²) in [6.45, 7) is 0.176. The van der Waals surface area contributed by atoms with Gasteiger partial charge in [0.2, 0.25) is 15.9 Å². The van der Waals surface area contributed by atoms with Gasteiger partial charge >= 0.3 is 0 Å². The van der Waals surface area contributed by atoms with Crippen molar-refractivity contribution in [1.29, 1.82) is 0 Å². The number of hydrogen-bond donors (Lipinski definition) is 1. The van der Waals surface area contributed by atoms with Crippen LogP contribution < -0.4 is 5.32 Å². The van der Waals surface area contributed by atoms with Gasteiger partial charge in [0, 0.05) is 38.8 Å². The minimum atomic E-state index is -3.54. The number of benzene rings is 1. The summed E-state index contributed by atoms with van der Waals surface area (Å²) >= 11 is 1.49. The van der Waals surface area contributed by atoms with E-state index in [0.29, 0.717) is 17.1 Å². The summed E-state index contributed by atoms with van der Waals surface area (Å²) in [5, 5.41) is 2.78. The van der Waals surface area contributed by atoms with Crippen LogP contribution in [0.25, 0.3) is 0 Å². The van der Waals surface area contributed by atoms with E-state index in [-0.39, 0.29) is 17.3 Å². The van der Waals surface area contributed by atoms with E-state index in [1.165, 1.54) is 25.9 Å². The van der Waals surface area contributed by atoms with Gasteiger partial charge in [0.05, 0.1) is 10.6 Å². The molecule has 2 aromatic rings. The molecular weight excluding hydrogens is 358 g/mol. The second-order valence-electron chi connectivity index (χ2n) is 5.53. The Morgan fingerprint density at radius 2 is 1.96 bits per heavy atom. The van der Waals surface area contributed by atoms with Crippen LogP contribution in [-0.4, -0.2) is 43.5 Å². The lowest BCUT2D eigenvalue weighted by Gasteiger charge is -2.15. The Morgan fingerprint density at radius 1 is 1.20 bits per heavy atom. The van der Waals surface area contributed by atoms with Gasteiger partial charge in [-0.3, -0.25) is 9.78 Å². The molecule has 0 unspecified atom stereocenters. The van der Waals surface area contributed by atoms with Crippen molar-refractivity contribution in [3.05, 3.63) is 59.9 Å². The summed E-state index contributed by atoms with van der Waals surface area (Å²) in [5.74, 6) is 0.871. The molecule has 1 amide bonds. The van der Waals surface area contributed by atoms with Gasteiger partial charge in [-0.25, -0.2) is 12.7 Å². The molecule has 0 aliphatic carbocycles. The number of carbonyl (C=O) groups excluding carboxylic acids is 1. The van der Waals surface area contributed by atoms with Gasteiger partial charge < -0.3 is 5.32 Å². The van der Waals surface area contributed by atoms with Crippen LogP contribution in [0.2, 0.25) is 0 Å². The fraction of sp³-hybridized carbons (Fsp3) is 0.294. The average molecular weight is 380 g/mol. The van der Waals surface area contributed by atoms with E-state index in [4.69, 9.17) is 0 Å². The fourth-order valence-corrected chi connectivity index (χ4v) is 4.00. The van der Waals surface area contributed by atoms with Crippen molar-refractivity contribution < 1.29 is 13.2 Å². The maximum Gasteiger partial charge on any atom is 0.242 e. The third-order valence-corrected chi connectivity index (χ3v) is 6.35. The van der Waals surface area contributed by atoms with Crippen molar-refractivity contribution in [3.63, 3.8) is 0 Å². The first-order valence-corrected chi connectivity index (χ1v) is 10.2. The van der Waals surface area contributed by atoms with Crippen LogP contribution in [0, 0.1) is 0 Å². The third kappa shape index (κ3) is 5.55. The van der Waals surface area contributed by atoms with Crippen LogP contribution in [0.1, 0.15) is 11.1 Å². The summed E-state index contributed by atoms with van der Waals surface area (Å²) in [5.41, 5.74) is 1.63. The Balaban J connectivity index is 1.90. The van der Waals surface area contributed by atoms with Crippen LogP contribution in [0.3, 0.4) is 0 Å². The largest absolute Gasteiger partial charge is 0.351 e. The number of rotatable bonds is 8. The van der Waals surface area contributed by atoms with E-state index in [1.807, 2.05) is 12.1 Å². The summed E-state index contributed by atoms with van der Waals surface area (Å²) in [7, 11) is -0.567. The van der Waals surface area contributed by atoms with Crippen LogP contribution in [0.15, 0.2) is 53.7 Å². The van der Waals surface area contributed by atoms with Crippen LogP contribution in [0.5, 0.6) is 0 Å². The van der Waals surface area contributed by atoms with Crippen molar-refractivity contribution in [3.8, 4) is 0 Å². The monoisotopic (exact) mass is 379 g/mol. The summed E-state index contributed by atoms with van der Waals surface area (Å²) in [6.07, 6.45) is 3.48. The first-order chi connectivity index (χ1) is 11.9. The molecule has 1 aromatic heterocycles. The van der Waals surface area contributed by atoms with E-state index in [1.54, 1.807) is 36.7 Å². The number of hydrogen-bond acceptors (Lipinski definition) is 5. The number of aromatic nitrogens is 1. The Hall–Kier alpha value is -1.90. The Labute approximate surface area is 152 Å². The van der Waals surface area contributed by atoms with Crippen LogP contribution >= 0.6 is 11.8 Å². The Morgan fingerprint density at radius 3 is 2.64 bits per heavy atom. The van der Waals surface area contributed by atoms with Crippen molar-refractivity contribution in [2.45, 2.75) is 17.2 Å². The van der Waals surface area contributed by atoms with E-state index in [2.05, 4.69) is 10.3 Å². The second kappa shape index (κ2) is 8.98. The van der Waals surface area contributed by atoms with Gasteiger partial charge in [0.25, 0.3) is 0 Å². The number of pyridine rings is 1. The molecular formula is C17H21N3O3S2. The molecule has 0 saturated heterocycles. The predicted molar refractivity (Wildman–Crippen MR) is 99.6 cm³/mol. The molecule has 0 radical (unpaired) electrons. The quantitative estimate of drug-likeness (QED) is 0.758. The molecule has 8 heteroatoms. The molecule has 134 valence electrons. The first-order valence-electron chi connectivity index (χ1n) is 7.65. The highest BCUT2D eigenvalue weighted by Crippen LogP contribution is 2.18. The molecule has 0 spiro atoms. The van der Waals surface area contributed by atoms with Crippen molar-refractivity contribution in [2.75, 3.05) is 19.8 Å². The summed E-state index contributed by atoms with van der Waals surface area (Å²) < 4.78 is 25.8. The third-order valence-electron chi connectivity index (χ3n) is 3.43. The van der Waals surface area contributed by atoms with Gasteiger partial charge in [-0.2, -0.15) is 0 Å². The molecule has 0 aliphatic heterocycles. The molecule has 2 rings (SSSR count). The number of thioether (sulfide) groups is 1. The maximum atomic E-state index is 12.3. The molecule has 25 heavy (non-hydrogen) atoms. The number of nitrogens with one attached hydrogen (secondary N) is 1. The molecule has 0 fully saturated rings. The smallest absolute Gasteiger partial charge is 0.242 e. The van der Waals surface area contributed by atoms with Gasteiger partial charge in [0.1, 0.15) is 0 Å². The molecule has 0 bridgehead atoms. The zero-order valence-corrected chi connectivity index (χ0v) is 15.8. The van der Waals surface area contributed by atoms with Gasteiger partial charge in [-0.05, 0) is 23.3 Å². The zero-order chi connectivity index (χ0) is 18.3. The molecule has 1 heterocycles. The molecule has 0 saturated carbocycles. The van der Waals surface area contributed by atoms with Crippen LogP contribution in [-0.2, 0) is 27.1 Å². The predicted octanol–water partition coefficient (Wildman–Crippen LogP) is 1.88. The summed E-state index contributed by atoms with van der Waals surface area (Å²) in [6, 6.07) is 10.5. The van der Waals surface area contributed by atoms with Crippen molar-refractivity contribution in [2.24, 2.45) is 0 Å². The number of carbonyl (C=O) groups is 1. The van der Waals surface area contributed by atoms with E-state index in [9.17, 15) is 13.2 Å². The van der Waals surface area contributed by atoms with E-state index < -0.39 is 10.0 Å². The molecule has 0 atom stereocenters. The normalized spacial score (nSPS) is 11.5. The minimum Gasteiger partial charge on any atom is -0.351 e. The first kappa shape index (κ1) is 19.4. The lowest BCUT2D eigenvalue weighted by molar-refractivity contribution is -0.118. The topological polar surface area (TPSA) is 79.4 Å². The average Bonchev–Trinajstić information content (AvgIpc) is 2.61. The molecule has 6 nitrogen and oxygen atoms in total. The van der Waals surface area contributed by atoms with Gasteiger partial charge in [-0.15, -0.1) is 11.8 Å². The SMILES string of the molecule is CN(C)S(=O)(=O)c1ccccc1CNC(=O)CSCc1cccnc1. The highest BCUT2D eigenvalue weighted by Gasteiger charge is 2.20. The molecule has 1 N–H and O–H groups in total. The molecule has 0 aliphatic rings. The lowest BCUT2D eigenvalue weighted by Crippen LogP contribution is -2.28. The maximum absolute atomic E-state index is 12.3. The van der Waals surface area contributed by atoms with E-state index in [0.717, 1.165) is 9.87 Å². The number of sulfonamides is 1. The standard InChI is InChI=1S/C17H21N3O3S2/c1-20(2)25(22,23)16-8-4-3-7-15(16)11-19-17(21)13-24-12-14-6-5-9-18-10-14/h3-10H,11-13H2,1-2H3,(H,19,21). The zero-order valence-electron chi connectivity index (χ0n) is 14.2. The number of nitrogens with zero attached hydrogens (tertiary/aromatic N) is 2. The Kier molecular flexibility index (Phi) is 6.98. The highest BCUT2D eigenvalue weighted by molar-refractivity contribution is 7.99. The van der Waals surface area contributed by atoms with Gasteiger partial charge in [0.15, 0.2) is 0 Å². The fourth-order valence-electron chi connectivity index (χ4n) is 2.09. The molecule has 1 aromatic carbocycles. The van der Waals surface area contributed by atoms with Crippen LogP contribution in [0.4, 0.5) is 0 Å². The minimum absolute atomic E-state index is 0.133. The van der Waals surface area contributed by atoms with Crippen molar-refractivity contribution in [1.82, 2.24) is 14.6 Å². The summed E-state index contributed by atoms with van der Waals surface area (Å²) in [4.78, 5) is 16.2. The van der Waals surface area contributed by atoms with Gasteiger partial charge in [-0.1, -0.05) is 24.3 Å². The highest BCUT2D eigenvalue weighted by atomic mass is 32.2. The second-order valence-corrected chi connectivity index (χ2v) is 8.63. The van der Waals surface area contributed by atoms with Crippen molar-refractivity contribution >= 4 is 27.7 Å². The lowest BCUT2D eigenvalue weighted by atomic mass is 10.2. The number of amides is 1.